The SMILES string of the molecule is C=CCn1c(SCC(=O)c2ccc(OC)cc2OC)nc2sc3c(c2c1=O)CCC3. The molecule has 0 amide bonds. The predicted octanol–water partition coefficient (Wildman–Crippen LogP) is 4.12. The van der Waals surface area contributed by atoms with Crippen LogP contribution in [0.1, 0.15) is 27.2 Å². The Hall–Kier alpha value is -2.58. The van der Waals surface area contributed by atoms with Gasteiger partial charge in [-0.05, 0) is 37.0 Å². The zero-order valence-electron chi connectivity index (χ0n) is 16.9. The molecule has 156 valence electrons. The molecule has 3 aromatic rings. The van der Waals surface area contributed by atoms with Gasteiger partial charge in [0.05, 0.1) is 30.9 Å². The second-order valence-corrected chi connectivity index (χ2v) is 8.94. The first-order valence-electron chi connectivity index (χ1n) is 9.61. The Morgan fingerprint density at radius 2 is 2.17 bits per heavy atom. The number of benzene rings is 1. The average Bonchev–Trinajstić information content (AvgIpc) is 3.34. The van der Waals surface area contributed by atoms with Crippen LogP contribution in [-0.2, 0) is 19.4 Å². The Balaban J connectivity index is 1.65. The third-order valence-electron chi connectivity index (χ3n) is 5.14. The number of methoxy groups -OCH3 is 2. The van der Waals surface area contributed by atoms with Gasteiger partial charge in [-0.1, -0.05) is 17.8 Å². The molecule has 4 rings (SSSR count). The molecular weight excluding hydrogens is 420 g/mol. The van der Waals surface area contributed by atoms with Crippen LogP contribution in [0.3, 0.4) is 0 Å². The van der Waals surface area contributed by atoms with Crippen molar-refractivity contribution in [2.45, 2.75) is 31.0 Å². The van der Waals surface area contributed by atoms with E-state index in [1.54, 1.807) is 47.3 Å². The van der Waals surface area contributed by atoms with E-state index < -0.39 is 0 Å². The average molecular weight is 443 g/mol. The van der Waals surface area contributed by atoms with E-state index in [1.807, 2.05) is 0 Å². The van der Waals surface area contributed by atoms with Crippen LogP contribution in [0, 0.1) is 0 Å². The van der Waals surface area contributed by atoms with Crippen molar-refractivity contribution in [3.63, 3.8) is 0 Å². The summed E-state index contributed by atoms with van der Waals surface area (Å²) < 4.78 is 12.1. The van der Waals surface area contributed by atoms with Crippen LogP contribution < -0.4 is 15.0 Å². The highest BCUT2D eigenvalue weighted by Gasteiger charge is 2.23. The van der Waals surface area contributed by atoms with Gasteiger partial charge >= 0.3 is 0 Å². The first-order chi connectivity index (χ1) is 14.6. The molecule has 0 atom stereocenters. The molecule has 1 aromatic carbocycles. The number of fused-ring (bicyclic) bond motifs is 3. The van der Waals surface area contributed by atoms with E-state index >= 15 is 0 Å². The molecule has 0 spiro atoms. The highest BCUT2D eigenvalue weighted by atomic mass is 32.2. The molecule has 6 nitrogen and oxygen atoms in total. The summed E-state index contributed by atoms with van der Waals surface area (Å²) >= 11 is 2.86. The molecule has 0 fully saturated rings. The number of ketones is 1. The van der Waals surface area contributed by atoms with Gasteiger partial charge in [0.15, 0.2) is 10.9 Å². The summed E-state index contributed by atoms with van der Waals surface area (Å²) in [6.45, 7) is 4.13. The lowest BCUT2D eigenvalue weighted by molar-refractivity contribution is 0.101. The largest absolute Gasteiger partial charge is 0.497 e. The Morgan fingerprint density at radius 3 is 2.90 bits per heavy atom. The molecule has 30 heavy (non-hydrogen) atoms. The fraction of sp³-hybridized carbons (Fsp3) is 0.318. The number of Topliss-reactive ketones (excluding diaryl/α,β-unsaturated/α-hetero) is 1. The zero-order chi connectivity index (χ0) is 21.3. The lowest BCUT2D eigenvalue weighted by Crippen LogP contribution is -2.23. The quantitative estimate of drug-likeness (QED) is 0.226. The van der Waals surface area contributed by atoms with E-state index in [0.717, 1.165) is 35.0 Å². The van der Waals surface area contributed by atoms with Gasteiger partial charge in [0, 0.05) is 17.5 Å². The first kappa shape index (κ1) is 20.7. The van der Waals surface area contributed by atoms with Crippen molar-refractivity contribution in [2.75, 3.05) is 20.0 Å². The maximum absolute atomic E-state index is 13.2. The van der Waals surface area contributed by atoms with Crippen LogP contribution in [0.15, 0.2) is 40.8 Å². The molecule has 2 heterocycles. The van der Waals surface area contributed by atoms with Gasteiger partial charge < -0.3 is 9.47 Å². The standard InChI is InChI=1S/C22H22N2O4S2/c1-4-10-24-21(26)19-15-6-5-7-18(15)30-20(19)23-22(24)29-12-16(25)14-9-8-13(27-2)11-17(14)28-3/h4,8-9,11H,1,5-7,10,12H2,2-3H3. The number of hydrogen-bond acceptors (Lipinski definition) is 7. The van der Waals surface area contributed by atoms with Crippen molar-refractivity contribution < 1.29 is 14.3 Å². The number of ether oxygens (including phenoxy) is 2. The smallest absolute Gasteiger partial charge is 0.263 e. The number of aromatic nitrogens is 2. The molecule has 1 aliphatic rings. The number of hydrogen-bond donors (Lipinski definition) is 0. The van der Waals surface area contributed by atoms with Gasteiger partial charge in [-0.25, -0.2) is 4.98 Å². The molecule has 0 unspecified atom stereocenters. The van der Waals surface area contributed by atoms with Crippen LogP contribution >= 0.6 is 23.1 Å². The minimum absolute atomic E-state index is 0.0451. The van der Waals surface area contributed by atoms with Crippen LogP contribution in [0.25, 0.3) is 10.2 Å². The van der Waals surface area contributed by atoms with Gasteiger partial charge in [0.2, 0.25) is 0 Å². The first-order valence-corrected chi connectivity index (χ1v) is 11.4. The zero-order valence-corrected chi connectivity index (χ0v) is 18.5. The Morgan fingerprint density at radius 1 is 1.33 bits per heavy atom. The number of rotatable bonds is 8. The molecule has 0 saturated carbocycles. The third kappa shape index (κ3) is 3.65. The van der Waals surface area contributed by atoms with Gasteiger partial charge in [-0.15, -0.1) is 17.9 Å². The van der Waals surface area contributed by atoms with E-state index in [4.69, 9.17) is 14.5 Å². The lowest BCUT2D eigenvalue weighted by atomic mass is 10.1. The Kier molecular flexibility index (Phi) is 5.97. The molecule has 0 aliphatic heterocycles. The summed E-state index contributed by atoms with van der Waals surface area (Å²) in [7, 11) is 3.08. The summed E-state index contributed by atoms with van der Waals surface area (Å²) in [5.41, 5.74) is 1.58. The van der Waals surface area contributed by atoms with Gasteiger partial charge in [-0.2, -0.15) is 0 Å². The molecule has 0 N–H and O–H groups in total. The summed E-state index contributed by atoms with van der Waals surface area (Å²) in [6, 6.07) is 5.10. The van der Waals surface area contributed by atoms with Crippen molar-refractivity contribution in [1.29, 1.82) is 0 Å². The number of carbonyl (C=O) groups is 1. The summed E-state index contributed by atoms with van der Waals surface area (Å²) in [4.78, 5) is 32.8. The predicted molar refractivity (Wildman–Crippen MR) is 121 cm³/mol. The second-order valence-electron chi connectivity index (χ2n) is 6.91. The second kappa shape index (κ2) is 8.65. The summed E-state index contributed by atoms with van der Waals surface area (Å²) in [5.74, 6) is 1.12. The minimum atomic E-state index is -0.104. The number of nitrogens with zero attached hydrogens (tertiary/aromatic N) is 2. The van der Waals surface area contributed by atoms with Crippen LogP contribution in [0.5, 0.6) is 11.5 Å². The van der Waals surface area contributed by atoms with E-state index in [9.17, 15) is 9.59 Å². The molecule has 0 radical (unpaired) electrons. The maximum Gasteiger partial charge on any atom is 0.263 e. The number of thiophene rings is 1. The molecule has 8 heteroatoms. The lowest BCUT2D eigenvalue weighted by Gasteiger charge is -2.12. The maximum atomic E-state index is 13.2. The Bertz CT molecular complexity index is 1200. The summed E-state index contributed by atoms with van der Waals surface area (Å²) in [6.07, 6.45) is 4.71. The van der Waals surface area contributed by atoms with Gasteiger partial charge in [0.25, 0.3) is 5.56 Å². The molecular formula is C22H22N2O4S2. The van der Waals surface area contributed by atoms with Crippen molar-refractivity contribution in [2.24, 2.45) is 0 Å². The van der Waals surface area contributed by atoms with Crippen molar-refractivity contribution in [3.05, 3.63) is 57.2 Å². The fourth-order valence-corrected chi connectivity index (χ4v) is 5.89. The van der Waals surface area contributed by atoms with Crippen LogP contribution in [0.2, 0.25) is 0 Å². The van der Waals surface area contributed by atoms with E-state index in [1.165, 1.54) is 23.7 Å². The molecule has 0 saturated heterocycles. The van der Waals surface area contributed by atoms with E-state index in [-0.39, 0.29) is 17.1 Å². The van der Waals surface area contributed by atoms with Gasteiger partial charge in [-0.3, -0.25) is 14.2 Å². The topological polar surface area (TPSA) is 70.4 Å². The normalized spacial score (nSPS) is 12.7. The van der Waals surface area contributed by atoms with Crippen molar-refractivity contribution in [3.8, 4) is 11.5 Å². The number of thioether (sulfide) groups is 1. The van der Waals surface area contributed by atoms with Crippen LogP contribution in [-0.4, -0.2) is 35.3 Å². The Labute approximate surface area is 182 Å². The summed E-state index contributed by atoms with van der Waals surface area (Å²) in [5, 5.41) is 1.27. The number of aryl methyl sites for hydroxylation is 2. The third-order valence-corrected chi connectivity index (χ3v) is 7.31. The highest BCUT2D eigenvalue weighted by molar-refractivity contribution is 7.99. The molecule has 1 aliphatic carbocycles. The van der Waals surface area contributed by atoms with Crippen molar-refractivity contribution >= 4 is 39.1 Å². The molecule has 0 bridgehead atoms. The van der Waals surface area contributed by atoms with Crippen LogP contribution in [0.4, 0.5) is 0 Å². The highest BCUT2D eigenvalue weighted by Crippen LogP contribution is 2.36. The van der Waals surface area contributed by atoms with Crippen molar-refractivity contribution in [1.82, 2.24) is 9.55 Å². The van der Waals surface area contributed by atoms with E-state index in [2.05, 4.69) is 6.58 Å². The van der Waals surface area contributed by atoms with E-state index in [0.29, 0.717) is 28.8 Å². The fourth-order valence-electron chi connectivity index (χ4n) is 3.70. The number of carbonyl (C=O) groups excluding carboxylic acids is 1. The monoisotopic (exact) mass is 442 g/mol. The molecule has 2 aromatic heterocycles. The van der Waals surface area contributed by atoms with Gasteiger partial charge in [0.1, 0.15) is 16.3 Å². The number of allylic oxidation sites excluding steroid dienone is 1. The minimum Gasteiger partial charge on any atom is -0.497 e.